The number of hydrogen-bond acceptors (Lipinski definition) is 2. The zero-order valence-corrected chi connectivity index (χ0v) is 14.1. The summed E-state index contributed by atoms with van der Waals surface area (Å²) in [5, 5.41) is 7.25. The molecule has 21 heavy (non-hydrogen) atoms. The molecular weight excluding hydrogens is 334 g/mol. The van der Waals surface area contributed by atoms with Gasteiger partial charge >= 0.3 is 0 Å². The van der Waals surface area contributed by atoms with E-state index < -0.39 is 0 Å². The van der Waals surface area contributed by atoms with Gasteiger partial charge in [-0.05, 0) is 19.1 Å². The molecule has 0 fully saturated rings. The van der Waals surface area contributed by atoms with Gasteiger partial charge in [0.25, 0.3) is 5.91 Å². The lowest BCUT2D eigenvalue weighted by atomic mass is 10.0. The summed E-state index contributed by atoms with van der Waals surface area (Å²) in [6, 6.07) is 8.36. The number of nitrogens with one attached hydrogen (secondary N) is 2. The Labute approximate surface area is 134 Å². The Morgan fingerprint density at radius 3 is 2.38 bits per heavy atom. The summed E-state index contributed by atoms with van der Waals surface area (Å²) in [6.07, 6.45) is 0.936. The summed E-state index contributed by atoms with van der Waals surface area (Å²) < 4.78 is 1.04. The lowest BCUT2D eigenvalue weighted by Crippen LogP contribution is -2.87. The topological polar surface area (TPSA) is 74.8 Å². The minimum atomic E-state index is -0.161. The number of carbonyl (C=O) groups is 2. The molecular formula is C15H23BrN3O2+. The third-order valence-corrected chi connectivity index (χ3v) is 3.67. The molecule has 2 amide bonds. The highest BCUT2D eigenvalue weighted by Crippen LogP contribution is 2.16. The first kappa shape index (κ1) is 17.7. The van der Waals surface area contributed by atoms with Crippen LogP contribution < -0.4 is 16.0 Å². The SMILES string of the molecule is CCNC(=O)CNC(=O)C[NH2+][C@@H](CC)c1ccc(Br)cc1. The Morgan fingerprint density at radius 2 is 1.81 bits per heavy atom. The van der Waals surface area contributed by atoms with E-state index in [0.29, 0.717) is 13.1 Å². The van der Waals surface area contributed by atoms with Crippen LogP contribution in [0.2, 0.25) is 0 Å². The molecule has 0 saturated heterocycles. The van der Waals surface area contributed by atoms with E-state index in [1.54, 1.807) is 0 Å². The smallest absolute Gasteiger partial charge is 0.275 e. The summed E-state index contributed by atoms with van der Waals surface area (Å²) in [6.45, 7) is 4.86. The summed E-state index contributed by atoms with van der Waals surface area (Å²) >= 11 is 3.41. The van der Waals surface area contributed by atoms with Crippen molar-refractivity contribution in [3.63, 3.8) is 0 Å². The van der Waals surface area contributed by atoms with E-state index in [9.17, 15) is 9.59 Å². The molecule has 0 unspecified atom stereocenters. The first-order chi connectivity index (χ1) is 10.1. The van der Waals surface area contributed by atoms with Crippen molar-refractivity contribution in [1.82, 2.24) is 10.6 Å². The van der Waals surface area contributed by atoms with E-state index >= 15 is 0 Å². The highest BCUT2D eigenvalue weighted by molar-refractivity contribution is 9.10. The van der Waals surface area contributed by atoms with Gasteiger partial charge in [0, 0.05) is 23.0 Å². The van der Waals surface area contributed by atoms with Crippen molar-refractivity contribution >= 4 is 27.7 Å². The average molecular weight is 357 g/mol. The van der Waals surface area contributed by atoms with E-state index in [-0.39, 0.29) is 24.4 Å². The molecule has 0 aromatic heterocycles. The monoisotopic (exact) mass is 356 g/mol. The van der Waals surface area contributed by atoms with Crippen molar-refractivity contribution in [2.75, 3.05) is 19.6 Å². The zero-order valence-electron chi connectivity index (χ0n) is 12.5. The molecule has 5 nitrogen and oxygen atoms in total. The number of nitrogens with two attached hydrogens (primary N) is 1. The number of hydrogen-bond donors (Lipinski definition) is 3. The van der Waals surface area contributed by atoms with E-state index in [1.807, 2.05) is 24.4 Å². The van der Waals surface area contributed by atoms with Gasteiger partial charge in [-0.3, -0.25) is 9.59 Å². The maximum atomic E-state index is 11.7. The first-order valence-electron chi connectivity index (χ1n) is 7.19. The predicted octanol–water partition coefficient (Wildman–Crippen LogP) is 0.716. The molecule has 116 valence electrons. The molecule has 0 aliphatic rings. The number of carbonyl (C=O) groups excluding carboxylic acids is 2. The number of benzene rings is 1. The first-order valence-corrected chi connectivity index (χ1v) is 7.98. The maximum Gasteiger partial charge on any atom is 0.275 e. The number of likely N-dealkylation sites (N-methyl/N-ethyl adjacent to an activating group) is 1. The van der Waals surface area contributed by atoms with Crippen molar-refractivity contribution < 1.29 is 14.9 Å². The van der Waals surface area contributed by atoms with Crippen LogP contribution in [0, 0.1) is 0 Å². The van der Waals surface area contributed by atoms with Crippen LogP contribution >= 0.6 is 15.9 Å². The second kappa shape index (κ2) is 9.52. The predicted molar refractivity (Wildman–Crippen MR) is 85.7 cm³/mol. The van der Waals surface area contributed by atoms with Gasteiger partial charge in [-0.2, -0.15) is 0 Å². The Kier molecular flexibility index (Phi) is 8.00. The Balaban J connectivity index is 2.39. The molecule has 1 atom stereocenters. The van der Waals surface area contributed by atoms with E-state index in [0.717, 1.165) is 10.9 Å². The summed E-state index contributed by atoms with van der Waals surface area (Å²) in [5.74, 6) is -0.289. The van der Waals surface area contributed by atoms with Crippen molar-refractivity contribution in [3.05, 3.63) is 34.3 Å². The van der Waals surface area contributed by atoms with Crippen molar-refractivity contribution in [3.8, 4) is 0 Å². The molecule has 0 radical (unpaired) electrons. The zero-order chi connectivity index (χ0) is 15.7. The third kappa shape index (κ3) is 6.73. The largest absolute Gasteiger partial charge is 0.355 e. The van der Waals surface area contributed by atoms with Gasteiger partial charge in [-0.15, -0.1) is 0 Å². The summed E-state index contributed by atoms with van der Waals surface area (Å²) in [7, 11) is 0. The summed E-state index contributed by atoms with van der Waals surface area (Å²) in [4.78, 5) is 23.0. The van der Waals surface area contributed by atoms with Crippen LogP contribution in [0.3, 0.4) is 0 Å². The number of amides is 2. The van der Waals surface area contributed by atoms with Gasteiger partial charge < -0.3 is 16.0 Å². The van der Waals surface area contributed by atoms with Crippen LogP contribution in [-0.4, -0.2) is 31.4 Å². The van der Waals surface area contributed by atoms with Gasteiger partial charge in [0.15, 0.2) is 6.54 Å². The van der Waals surface area contributed by atoms with Crippen molar-refractivity contribution in [2.24, 2.45) is 0 Å². The second-order valence-corrected chi connectivity index (χ2v) is 5.65. The lowest BCUT2D eigenvalue weighted by Gasteiger charge is -2.14. The minimum Gasteiger partial charge on any atom is -0.355 e. The molecule has 0 saturated carbocycles. The molecule has 0 bridgehead atoms. The molecule has 6 heteroatoms. The second-order valence-electron chi connectivity index (χ2n) is 4.74. The van der Waals surface area contributed by atoms with Crippen LogP contribution in [0.15, 0.2) is 28.7 Å². The Morgan fingerprint density at radius 1 is 1.14 bits per heavy atom. The molecule has 4 N–H and O–H groups in total. The number of rotatable bonds is 8. The van der Waals surface area contributed by atoms with Gasteiger partial charge in [-0.1, -0.05) is 35.0 Å². The molecule has 0 aliphatic carbocycles. The molecule has 1 rings (SSSR count). The lowest BCUT2D eigenvalue weighted by molar-refractivity contribution is -0.686. The highest BCUT2D eigenvalue weighted by Gasteiger charge is 2.14. The Hall–Kier alpha value is -1.40. The van der Waals surface area contributed by atoms with Gasteiger partial charge in [0.05, 0.1) is 6.54 Å². The highest BCUT2D eigenvalue weighted by atomic mass is 79.9. The van der Waals surface area contributed by atoms with Crippen LogP contribution in [0.5, 0.6) is 0 Å². The minimum absolute atomic E-state index is 0.0373. The molecule has 1 aromatic carbocycles. The van der Waals surface area contributed by atoms with Crippen molar-refractivity contribution in [1.29, 1.82) is 0 Å². The Bertz CT molecular complexity index is 462. The normalized spacial score (nSPS) is 11.8. The quantitative estimate of drug-likeness (QED) is 0.641. The average Bonchev–Trinajstić information content (AvgIpc) is 2.48. The van der Waals surface area contributed by atoms with Crippen molar-refractivity contribution in [2.45, 2.75) is 26.3 Å². The fourth-order valence-corrected chi connectivity index (χ4v) is 2.27. The third-order valence-electron chi connectivity index (χ3n) is 3.15. The number of quaternary nitrogens is 1. The van der Waals surface area contributed by atoms with E-state index in [4.69, 9.17) is 0 Å². The molecule has 0 aliphatic heterocycles. The van der Waals surface area contributed by atoms with Crippen LogP contribution in [0.25, 0.3) is 0 Å². The van der Waals surface area contributed by atoms with E-state index in [2.05, 4.69) is 45.6 Å². The van der Waals surface area contributed by atoms with E-state index in [1.165, 1.54) is 5.56 Å². The standard InChI is InChI=1S/C15H22BrN3O2/c1-3-13(11-5-7-12(16)8-6-11)18-9-15(21)19-10-14(20)17-4-2/h5-8,13,18H,3-4,9-10H2,1-2H3,(H,17,20)(H,19,21)/p+1/t13-/m0/s1. The van der Waals surface area contributed by atoms with Crippen LogP contribution in [0.1, 0.15) is 31.9 Å². The van der Waals surface area contributed by atoms with Gasteiger partial charge in [0.2, 0.25) is 5.91 Å². The fourth-order valence-electron chi connectivity index (χ4n) is 2.01. The molecule has 0 heterocycles. The maximum absolute atomic E-state index is 11.7. The molecule has 1 aromatic rings. The van der Waals surface area contributed by atoms with Crippen LogP contribution in [-0.2, 0) is 9.59 Å². The molecule has 0 spiro atoms. The van der Waals surface area contributed by atoms with Gasteiger partial charge in [-0.25, -0.2) is 0 Å². The fraction of sp³-hybridized carbons (Fsp3) is 0.467. The van der Waals surface area contributed by atoms with Gasteiger partial charge in [0.1, 0.15) is 6.04 Å². The van der Waals surface area contributed by atoms with Crippen LogP contribution in [0.4, 0.5) is 0 Å². The summed E-state index contributed by atoms with van der Waals surface area (Å²) in [5.41, 5.74) is 1.19. The number of halogens is 1.